The monoisotopic (exact) mass is 285 g/mol. The second kappa shape index (κ2) is 5.19. The number of alkyl halides is 1. The summed E-state index contributed by atoms with van der Waals surface area (Å²) in [6.45, 7) is 0. The van der Waals surface area contributed by atoms with Gasteiger partial charge in [-0.25, -0.2) is 4.79 Å². The van der Waals surface area contributed by atoms with E-state index in [0.29, 0.717) is 10.2 Å². The summed E-state index contributed by atoms with van der Waals surface area (Å²) < 4.78 is 4.59. The van der Waals surface area contributed by atoms with Gasteiger partial charge in [0.05, 0.1) is 18.2 Å². The Bertz CT molecular complexity index is 440. The number of carbonyl (C=O) groups is 1. The molecule has 0 atom stereocenters. The van der Waals surface area contributed by atoms with Crippen molar-refractivity contribution in [2.24, 2.45) is 0 Å². The Labute approximate surface area is 102 Å². The Morgan fingerprint density at radius 2 is 2.33 bits per heavy atom. The SMILES string of the molecule is COC(=O)c1cc(CBr)c(S)cc1C#N. The maximum Gasteiger partial charge on any atom is 0.339 e. The number of benzene rings is 1. The van der Waals surface area contributed by atoms with E-state index in [9.17, 15) is 4.79 Å². The van der Waals surface area contributed by atoms with Crippen LogP contribution in [0.4, 0.5) is 0 Å². The summed E-state index contributed by atoms with van der Waals surface area (Å²) >= 11 is 7.49. The Hall–Kier alpha value is -0.990. The van der Waals surface area contributed by atoms with E-state index in [1.54, 1.807) is 12.1 Å². The molecule has 1 aromatic carbocycles. The molecule has 3 nitrogen and oxygen atoms in total. The molecule has 78 valence electrons. The number of halogens is 1. The largest absolute Gasteiger partial charge is 0.465 e. The zero-order valence-corrected chi connectivity index (χ0v) is 10.4. The zero-order chi connectivity index (χ0) is 11.4. The number of nitriles is 1. The van der Waals surface area contributed by atoms with Gasteiger partial charge in [-0.15, -0.1) is 12.6 Å². The number of hydrogen-bond donors (Lipinski definition) is 1. The standard InChI is InChI=1S/C10H8BrNO2S/c1-14-10(13)8-2-6(4-11)9(15)3-7(8)5-12/h2-3,15H,4H2,1H3. The first-order valence-corrected chi connectivity index (χ1v) is 5.61. The topological polar surface area (TPSA) is 50.1 Å². The second-order valence-corrected chi connectivity index (χ2v) is 3.81. The summed E-state index contributed by atoms with van der Waals surface area (Å²) in [6, 6.07) is 5.11. The van der Waals surface area contributed by atoms with Gasteiger partial charge < -0.3 is 4.74 Å². The molecule has 1 rings (SSSR count). The third kappa shape index (κ3) is 2.52. The van der Waals surface area contributed by atoms with Crippen LogP contribution >= 0.6 is 28.6 Å². The fourth-order valence-corrected chi connectivity index (χ4v) is 2.06. The minimum atomic E-state index is -0.512. The van der Waals surface area contributed by atoms with Crippen molar-refractivity contribution >= 4 is 34.5 Å². The van der Waals surface area contributed by atoms with Crippen molar-refractivity contribution in [3.8, 4) is 6.07 Å². The van der Waals surface area contributed by atoms with Crippen molar-refractivity contribution in [1.29, 1.82) is 5.26 Å². The van der Waals surface area contributed by atoms with Crippen LogP contribution in [-0.4, -0.2) is 13.1 Å². The summed E-state index contributed by atoms with van der Waals surface area (Å²) in [4.78, 5) is 12.0. The number of thiol groups is 1. The van der Waals surface area contributed by atoms with Crippen molar-refractivity contribution in [2.45, 2.75) is 10.2 Å². The molecule has 0 unspecified atom stereocenters. The molecule has 0 aromatic heterocycles. The molecule has 0 amide bonds. The first kappa shape index (κ1) is 12.1. The molecule has 0 spiro atoms. The smallest absolute Gasteiger partial charge is 0.339 e. The van der Waals surface area contributed by atoms with Gasteiger partial charge in [0.1, 0.15) is 6.07 Å². The Morgan fingerprint density at radius 1 is 1.67 bits per heavy atom. The van der Waals surface area contributed by atoms with Crippen LogP contribution in [0, 0.1) is 11.3 Å². The normalized spacial score (nSPS) is 9.47. The van der Waals surface area contributed by atoms with Crippen molar-refractivity contribution in [3.05, 3.63) is 28.8 Å². The van der Waals surface area contributed by atoms with Crippen molar-refractivity contribution in [3.63, 3.8) is 0 Å². The van der Waals surface area contributed by atoms with Crippen LogP contribution in [0.25, 0.3) is 0 Å². The first-order valence-electron chi connectivity index (χ1n) is 4.04. The van der Waals surface area contributed by atoms with E-state index in [-0.39, 0.29) is 11.1 Å². The van der Waals surface area contributed by atoms with E-state index >= 15 is 0 Å². The first-order chi connectivity index (χ1) is 7.13. The van der Waals surface area contributed by atoms with Crippen molar-refractivity contribution in [2.75, 3.05) is 7.11 Å². The maximum atomic E-state index is 11.4. The number of ether oxygens (including phenoxy) is 1. The van der Waals surface area contributed by atoms with Crippen LogP contribution < -0.4 is 0 Å². The Kier molecular flexibility index (Phi) is 4.18. The highest BCUT2D eigenvalue weighted by molar-refractivity contribution is 9.08. The lowest BCUT2D eigenvalue weighted by atomic mass is 10.1. The number of nitrogens with zero attached hydrogens (tertiary/aromatic N) is 1. The third-order valence-corrected chi connectivity index (χ3v) is 2.91. The molecule has 0 aliphatic carbocycles. The van der Waals surface area contributed by atoms with E-state index in [4.69, 9.17) is 5.26 Å². The number of rotatable bonds is 2. The average Bonchev–Trinajstić information content (AvgIpc) is 2.27. The fraction of sp³-hybridized carbons (Fsp3) is 0.200. The van der Waals surface area contributed by atoms with E-state index in [0.717, 1.165) is 5.56 Å². The molecule has 15 heavy (non-hydrogen) atoms. The molecule has 1 aromatic rings. The Balaban J connectivity index is 3.37. The predicted octanol–water partition coefficient (Wildman–Crippen LogP) is 2.53. The molecule has 0 fully saturated rings. The number of esters is 1. The molecule has 0 heterocycles. The van der Waals surface area contributed by atoms with Crippen LogP contribution in [0.1, 0.15) is 21.5 Å². The fourth-order valence-electron chi connectivity index (χ4n) is 1.11. The zero-order valence-electron chi connectivity index (χ0n) is 7.95. The molecule has 0 N–H and O–H groups in total. The van der Waals surface area contributed by atoms with Gasteiger partial charge in [0, 0.05) is 10.2 Å². The lowest BCUT2D eigenvalue weighted by Crippen LogP contribution is -2.05. The van der Waals surface area contributed by atoms with E-state index in [1.165, 1.54) is 7.11 Å². The van der Waals surface area contributed by atoms with Gasteiger partial charge in [0.15, 0.2) is 0 Å². The molecule has 0 saturated carbocycles. The Morgan fingerprint density at radius 3 is 2.80 bits per heavy atom. The highest BCUT2D eigenvalue weighted by Crippen LogP contribution is 2.22. The van der Waals surface area contributed by atoms with Crippen LogP contribution in [0.2, 0.25) is 0 Å². The molecular formula is C10H8BrNO2S. The number of carbonyl (C=O) groups excluding carboxylic acids is 1. The summed E-state index contributed by atoms with van der Waals surface area (Å²) in [7, 11) is 1.28. The second-order valence-electron chi connectivity index (χ2n) is 2.76. The molecule has 0 saturated heterocycles. The van der Waals surface area contributed by atoms with Gasteiger partial charge >= 0.3 is 5.97 Å². The maximum absolute atomic E-state index is 11.4. The molecule has 0 aliphatic rings. The summed E-state index contributed by atoms with van der Waals surface area (Å²) in [5.74, 6) is -0.512. The van der Waals surface area contributed by atoms with Gasteiger partial charge in [-0.05, 0) is 17.7 Å². The van der Waals surface area contributed by atoms with E-state index < -0.39 is 5.97 Å². The van der Waals surface area contributed by atoms with Crippen LogP contribution in [0.3, 0.4) is 0 Å². The van der Waals surface area contributed by atoms with Gasteiger partial charge in [-0.2, -0.15) is 5.26 Å². The van der Waals surface area contributed by atoms with Crippen molar-refractivity contribution in [1.82, 2.24) is 0 Å². The number of methoxy groups -OCH3 is 1. The molecule has 0 radical (unpaired) electrons. The highest BCUT2D eigenvalue weighted by atomic mass is 79.9. The van der Waals surface area contributed by atoms with E-state index in [1.807, 2.05) is 6.07 Å². The lowest BCUT2D eigenvalue weighted by Gasteiger charge is -2.06. The molecule has 5 heteroatoms. The van der Waals surface area contributed by atoms with Gasteiger partial charge in [0.2, 0.25) is 0 Å². The van der Waals surface area contributed by atoms with Gasteiger partial charge in [-0.3, -0.25) is 0 Å². The summed E-state index contributed by atoms with van der Waals surface area (Å²) in [6.07, 6.45) is 0. The molecule has 0 aliphatic heterocycles. The van der Waals surface area contributed by atoms with Crippen LogP contribution in [-0.2, 0) is 10.1 Å². The average molecular weight is 286 g/mol. The molecule has 0 bridgehead atoms. The predicted molar refractivity (Wildman–Crippen MR) is 62.4 cm³/mol. The molecular weight excluding hydrogens is 278 g/mol. The minimum absolute atomic E-state index is 0.271. The van der Waals surface area contributed by atoms with Crippen LogP contribution in [0.5, 0.6) is 0 Å². The summed E-state index contributed by atoms with van der Waals surface area (Å²) in [5, 5.41) is 9.42. The third-order valence-electron chi connectivity index (χ3n) is 1.89. The highest BCUT2D eigenvalue weighted by Gasteiger charge is 2.14. The number of hydrogen-bond acceptors (Lipinski definition) is 4. The lowest BCUT2D eigenvalue weighted by molar-refractivity contribution is 0.0600. The van der Waals surface area contributed by atoms with E-state index in [2.05, 4.69) is 33.3 Å². The summed E-state index contributed by atoms with van der Waals surface area (Å²) in [5.41, 5.74) is 1.39. The quantitative estimate of drug-likeness (QED) is 0.516. The van der Waals surface area contributed by atoms with Gasteiger partial charge in [0.25, 0.3) is 0 Å². The van der Waals surface area contributed by atoms with Gasteiger partial charge in [-0.1, -0.05) is 15.9 Å². The van der Waals surface area contributed by atoms with Crippen LogP contribution in [0.15, 0.2) is 17.0 Å². The van der Waals surface area contributed by atoms with Crippen molar-refractivity contribution < 1.29 is 9.53 Å². The minimum Gasteiger partial charge on any atom is -0.465 e.